The molecule has 1 fully saturated rings. The van der Waals surface area contributed by atoms with Gasteiger partial charge >= 0.3 is 0 Å². The molecule has 1 unspecified atom stereocenters. The number of nitrogens with zero attached hydrogens (tertiary/aromatic N) is 4. The molecule has 7 heteroatoms. The standard InChI is InChI=1S/C22H23FN4O2/c1-14(16-4-5-16)26(18-10-12-20(29-3)13-11-18)22(28)21-15(2)27(25-24-21)19-8-6-17(23)7-9-19/h6-14,16H,4-5H2,1-3H3. The summed E-state index contributed by atoms with van der Waals surface area (Å²) in [5.41, 5.74) is 2.35. The third-order valence-corrected chi connectivity index (χ3v) is 5.45. The minimum atomic E-state index is -0.327. The highest BCUT2D eigenvalue weighted by atomic mass is 19.1. The third-order valence-electron chi connectivity index (χ3n) is 5.45. The topological polar surface area (TPSA) is 60.2 Å². The Labute approximate surface area is 168 Å². The van der Waals surface area contributed by atoms with E-state index in [1.54, 1.807) is 35.7 Å². The number of rotatable bonds is 6. The van der Waals surface area contributed by atoms with Crippen LogP contribution in [0.2, 0.25) is 0 Å². The summed E-state index contributed by atoms with van der Waals surface area (Å²) in [5, 5.41) is 8.30. The molecule has 1 aliphatic rings. The van der Waals surface area contributed by atoms with E-state index in [1.807, 2.05) is 24.3 Å². The van der Waals surface area contributed by atoms with Crippen molar-refractivity contribution in [3.8, 4) is 11.4 Å². The molecule has 0 bridgehead atoms. The summed E-state index contributed by atoms with van der Waals surface area (Å²) >= 11 is 0. The van der Waals surface area contributed by atoms with E-state index >= 15 is 0 Å². The van der Waals surface area contributed by atoms with Gasteiger partial charge in [0.1, 0.15) is 11.6 Å². The van der Waals surface area contributed by atoms with Crippen LogP contribution in [-0.2, 0) is 0 Å². The Hall–Kier alpha value is -3.22. The normalized spacial score (nSPS) is 14.5. The Balaban J connectivity index is 1.69. The lowest BCUT2D eigenvalue weighted by atomic mass is 10.1. The quantitative estimate of drug-likeness (QED) is 0.630. The summed E-state index contributed by atoms with van der Waals surface area (Å²) < 4.78 is 20.0. The fourth-order valence-corrected chi connectivity index (χ4v) is 3.54. The number of carbonyl (C=O) groups is 1. The number of anilines is 1. The van der Waals surface area contributed by atoms with Gasteiger partial charge in [-0.1, -0.05) is 5.21 Å². The Morgan fingerprint density at radius 2 is 1.83 bits per heavy atom. The van der Waals surface area contributed by atoms with Gasteiger partial charge in [0.05, 0.1) is 18.5 Å². The minimum Gasteiger partial charge on any atom is -0.497 e. The average Bonchev–Trinajstić information content (AvgIpc) is 3.52. The van der Waals surface area contributed by atoms with Crippen molar-refractivity contribution in [2.24, 2.45) is 5.92 Å². The highest BCUT2D eigenvalue weighted by Gasteiger charge is 2.37. The number of benzene rings is 2. The number of halogens is 1. The van der Waals surface area contributed by atoms with E-state index in [0.717, 1.165) is 24.3 Å². The third kappa shape index (κ3) is 3.72. The molecule has 2 aromatic carbocycles. The van der Waals surface area contributed by atoms with E-state index in [2.05, 4.69) is 17.2 Å². The smallest absolute Gasteiger partial charge is 0.281 e. The van der Waals surface area contributed by atoms with Crippen LogP contribution in [0.1, 0.15) is 35.9 Å². The van der Waals surface area contributed by atoms with Gasteiger partial charge in [-0.3, -0.25) is 4.79 Å². The first-order valence-electron chi connectivity index (χ1n) is 9.65. The van der Waals surface area contributed by atoms with Gasteiger partial charge in [0.2, 0.25) is 0 Å². The van der Waals surface area contributed by atoms with Crippen molar-refractivity contribution in [3.05, 3.63) is 65.7 Å². The van der Waals surface area contributed by atoms with Crippen LogP contribution in [0.5, 0.6) is 5.75 Å². The number of carbonyl (C=O) groups excluding carboxylic acids is 1. The average molecular weight is 394 g/mol. The summed E-state index contributed by atoms with van der Waals surface area (Å²) in [5.74, 6) is 0.694. The van der Waals surface area contributed by atoms with Gasteiger partial charge in [-0.25, -0.2) is 9.07 Å². The van der Waals surface area contributed by atoms with Gasteiger partial charge in [0.25, 0.3) is 5.91 Å². The van der Waals surface area contributed by atoms with Crippen LogP contribution in [0.25, 0.3) is 5.69 Å². The predicted octanol–water partition coefficient (Wildman–Crippen LogP) is 4.17. The highest BCUT2D eigenvalue weighted by molar-refractivity contribution is 6.06. The molecule has 6 nitrogen and oxygen atoms in total. The van der Waals surface area contributed by atoms with Gasteiger partial charge < -0.3 is 9.64 Å². The Morgan fingerprint density at radius 1 is 1.17 bits per heavy atom. The molecule has 4 rings (SSSR count). The second-order valence-corrected chi connectivity index (χ2v) is 7.36. The van der Waals surface area contributed by atoms with Crippen LogP contribution in [0.4, 0.5) is 10.1 Å². The van der Waals surface area contributed by atoms with Crippen molar-refractivity contribution in [1.29, 1.82) is 0 Å². The summed E-state index contributed by atoms with van der Waals surface area (Å²) in [7, 11) is 1.61. The van der Waals surface area contributed by atoms with Gasteiger partial charge in [-0.2, -0.15) is 0 Å². The van der Waals surface area contributed by atoms with Crippen LogP contribution in [0, 0.1) is 18.7 Å². The fraction of sp³-hybridized carbons (Fsp3) is 0.318. The van der Waals surface area contributed by atoms with E-state index in [1.165, 1.54) is 12.1 Å². The second-order valence-electron chi connectivity index (χ2n) is 7.36. The summed E-state index contributed by atoms with van der Waals surface area (Å²) in [6.07, 6.45) is 2.23. The molecule has 1 atom stereocenters. The van der Waals surface area contributed by atoms with E-state index in [-0.39, 0.29) is 23.5 Å². The van der Waals surface area contributed by atoms with Crippen LogP contribution in [-0.4, -0.2) is 34.1 Å². The molecular weight excluding hydrogens is 371 g/mol. The van der Waals surface area contributed by atoms with Crippen molar-refractivity contribution in [2.45, 2.75) is 32.7 Å². The molecule has 0 aliphatic heterocycles. The zero-order chi connectivity index (χ0) is 20.5. The van der Waals surface area contributed by atoms with Crippen LogP contribution in [0.15, 0.2) is 48.5 Å². The number of methoxy groups -OCH3 is 1. The minimum absolute atomic E-state index is 0.0475. The summed E-state index contributed by atoms with van der Waals surface area (Å²) in [6.45, 7) is 3.87. The molecule has 0 spiro atoms. The van der Waals surface area contributed by atoms with E-state index in [4.69, 9.17) is 4.74 Å². The Bertz CT molecular complexity index is 1010. The molecule has 0 radical (unpaired) electrons. The molecule has 1 saturated carbocycles. The molecule has 29 heavy (non-hydrogen) atoms. The number of hydrogen-bond donors (Lipinski definition) is 0. The SMILES string of the molecule is COc1ccc(N(C(=O)c2nnn(-c3ccc(F)cc3)c2C)C(C)C2CC2)cc1. The molecule has 3 aromatic rings. The number of ether oxygens (including phenoxy) is 1. The summed E-state index contributed by atoms with van der Waals surface area (Å²) in [6, 6.07) is 13.4. The zero-order valence-electron chi connectivity index (χ0n) is 16.7. The largest absolute Gasteiger partial charge is 0.497 e. The summed E-state index contributed by atoms with van der Waals surface area (Å²) in [4.78, 5) is 15.3. The monoisotopic (exact) mass is 394 g/mol. The molecule has 1 amide bonds. The van der Waals surface area contributed by atoms with Gasteiger partial charge in [0, 0.05) is 11.7 Å². The van der Waals surface area contributed by atoms with Crippen molar-refractivity contribution in [3.63, 3.8) is 0 Å². The second kappa shape index (κ2) is 7.66. The molecule has 0 N–H and O–H groups in total. The number of amides is 1. The molecular formula is C22H23FN4O2. The lowest BCUT2D eigenvalue weighted by molar-refractivity contribution is 0.0970. The molecule has 150 valence electrons. The van der Waals surface area contributed by atoms with Crippen molar-refractivity contribution < 1.29 is 13.9 Å². The first-order chi connectivity index (χ1) is 14.0. The highest BCUT2D eigenvalue weighted by Crippen LogP contribution is 2.38. The van der Waals surface area contributed by atoms with E-state index in [0.29, 0.717) is 17.3 Å². The zero-order valence-corrected chi connectivity index (χ0v) is 16.7. The maximum Gasteiger partial charge on any atom is 0.281 e. The maximum absolute atomic E-state index is 13.5. The van der Waals surface area contributed by atoms with Crippen LogP contribution < -0.4 is 9.64 Å². The van der Waals surface area contributed by atoms with E-state index < -0.39 is 0 Å². The molecule has 1 heterocycles. The fourth-order valence-electron chi connectivity index (χ4n) is 3.54. The lowest BCUT2D eigenvalue weighted by Crippen LogP contribution is -2.40. The van der Waals surface area contributed by atoms with Crippen molar-refractivity contribution in [1.82, 2.24) is 15.0 Å². The predicted molar refractivity (Wildman–Crippen MR) is 108 cm³/mol. The van der Waals surface area contributed by atoms with Crippen molar-refractivity contribution >= 4 is 11.6 Å². The lowest BCUT2D eigenvalue weighted by Gasteiger charge is -2.29. The van der Waals surface area contributed by atoms with Crippen LogP contribution >= 0.6 is 0 Å². The van der Waals surface area contributed by atoms with E-state index in [9.17, 15) is 9.18 Å². The first kappa shape index (κ1) is 19.1. The number of hydrogen-bond acceptors (Lipinski definition) is 4. The van der Waals surface area contributed by atoms with Crippen molar-refractivity contribution in [2.75, 3.05) is 12.0 Å². The molecule has 0 saturated heterocycles. The molecule has 1 aromatic heterocycles. The molecule has 1 aliphatic carbocycles. The maximum atomic E-state index is 13.5. The Kier molecular flexibility index (Phi) is 5.05. The number of aromatic nitrogens is 3. The van der Waals surface area contributed by atoms with Gasteiger partial charge in [-0.15, -0.1) is 5.10 Å². The van der Waals surface area contributed by atoms with Gasteiger partial charge in [-0.05, 0) is 81.1 Å². The van der Waals surface area contributed by atoms with Gasteiger partial charge in [0.15, 0.2) is 5.69 Å². The first-order valence-corrected chi connectivity index (χ1v) is 9.65. The Morgan fingerprint density at radius 3 is 2.41 bits per heavy atom. The van der Waals surface area contributed by atoms with Crippen LogP contribution in [0.3, 0.4) is 0 Å².